The van der Waals surface area contributed by atoms with E-state index in [1.54, 1.807) is 0 Å². The molecule has 1 aliphatic rings. The maximum atomic E-state index is 3.59. The molecule has 0 spiro atoms. The van der Waals surface area contributed by atoms with Crippen molar-refractivity contribution in [2.24, 2.45) is 0 Å². The molecule has 0 heterocycles. The first-order valence-electron chi connectivity index (χ1n) is 11.3. The van der Waals surface area contributed by atoms with Crippen LogP contribution < -0.4 is 4.90 Å². The zero-order valence-electron chi connectivity index (χ0n) is 18.7. The van der Waals surface area contributed by atoms with Gasteiger partial charge >= 0.3 is 0 Å². The molecule has 2 heteroatoms. The zero-order valence-corrected chi connectivity index (χ0v) is 20.3. The Morgan fingerprint density at radius 1 is 0.545 bits per heavy atom. The van der Waals surface area contributed by atoms with Gasteiger partial charge in [0.1, 0.15) is 0 Å². The molecule has 0 saturated heterocycles. The van der Waals surface area contributed by atoms with Crippen molar-refractivity contribution in [3.05, 3.63) is 125 Å². The highest BCUT2D eigenvalue weighted by Crippen LogP contribution is 2.50. The summed E-state index contributed by atoms with van der Waals surface area (Å²) >= 11 is 3.59. The van der Waals surface area contributed by atoms with Crippen molar-refractivity contribution in [2.75, 3.05) is 4.90 Å². The summed E-state index contributed by atoms with van der Waals surface area (Å²) in [4.78, 5) is 2.36. The van der Waals surface area contributed by atoms with E-state index in [2.05, 4.69) is 144 Å². The quantitative estimate of drug-likeness (QED) is 0.244. The number of halogens is 1. The Morgan fingerprint density at radius 2 is 1.18 bits per heavy atom. The van der Waals surface area contributed by atoms with Gasteiger partial charge in [-0.2, -0.15) is 0 Å². The standard InChI is InChI=1S/C31H24BrN/c1-31(2)29-11-7-6-10-27(29)28-17-16-26(20-30(28)31)33(24-8-4-3-5-9-24)25-15-13-21-18-23(32)14-12-22(21)19-25/h3-20H,1-2H3. The molecular weight excluding hydrogens is 466 g/mol. The van der Waals surface area contributed by atoms with Crippen molar-refractivity contribution in [2.45, 2.75) is 19.3 Å². The molecule has 0 unspecified atom stereocenters. The molecule has 0 radical (unpaired) electrons. The Morgan fingerprint density at radius 3 is 2.03 bits per heavy atom. The van der Waals surface area contributed by atoms with Crippen LogP contribution in [0.2, 0.25) is 0 Å². The van der Waals surface area contributed by atoms with Crippen LogP contribution in [-0.4, -0.2) is 0 Å². The van der Waals surface area contributed by atoms with Gasteiger partial charge in [0.15, 0.2) is 0 Å². The molecule has 0 aliphatic heterocycles. The van der Waals surface area contributed by atoms with Gasteiger partial charge in [-0.3, -0.25) is 0 Å². The van der Waals surface area contributed by atoms with Crippen LogP contribution in [0.1, 0.15) is 25.0 Å². The lowest BCUT2D eigenvalue weighted by molar-refractivity contribution is 0.660. The third-order valence-electron chi connectivity index (χ3n) is 6.88. The largest absolute Gasteiger partial charge is 0.310 e. The molecule has 1 nitrogen and oxygen atoms in total. The predicted molar refractivity (Wildman–Crippen MR) is 144 cm³/mol. The van der Waals surface area contributed by atoms with Gasteiger partial charge in [0, 0.05) is 26.9 Å². The first-order valence-corrected chi connectivity index (χ1v) is 12.1. The SMILES string of the molecule is CC1(C)c2ccccc2-c2ccc(N(c3ccccc3)c3ccc4cc(Br)ccc4c3)cc21. The van der Waals surface area contributed by atoms with Gasteiger partial charge in [-0.1, -0.05) is 90.4 Å². The van der Waals surface area contributed by atoms with E-state index in [4.69, 9.17) is 0 Å². The normalized spacial score (nSPS) is 13.5. The Bertz CT molecular complexity index is 1500. The van der Waals surface area contributed by atoms with Crippen LogP contribution in [0.25, 0.3) is 21.9 Å². The molecule has 0 bridgehead atoms. The number of benzene rings is 5. The average molecular weight is 490 g/mol. The van der Waals surface area contributed by atoms with Gasteiger partial charge in [-0.15, -0.1) is 0 Å². The fourth-order valence-electron chi connectivity index (χ4n) is 5.20. The van der Waals surface area contributed by atoms with Gasteiger partial charge in [0.2, 0.25) is 0 Å². The maximum Gasteiger partial charge on any atom is 0.0468 e. The second-order valence-corrected chi connectivity index (χ2v) is 10.2. The van der Waals surface area contributed by atoms with Crippen molar-refractivity contribution in [1.82, 2.24) is 0 Å². The molecule has 0 fully saturated rings. The van der Waals surface area contributed by atoms with Crippen LogP contribution in [0, 0.1) is 0 Å². The van der Waals surface area contributed by atoms with Crippen LogP contribution in [0.3, 0.4) is 0 Å². The van der Waals surface area contributed by atoms with E-state index < -0.39 is 0 Å². The van der Waals surface area contributed by atoms with Crippen LogP contribution >= 0.6 is 15.9 Å². The van der Waals surface area contributed by atoms with Crippen molar-refractivity contribution < 1.29 is 0 Å². The van der Waals surface area contributed by atoms with Crippen LogP contribution in [-0.2, 0) is 5.41 Å². The lowest BCUT2D eigenvalue weighted by atomic mass is 9.82. The third kappa shape index (κ3) is 3.29. The number of rotatable bonds is 3. The number of fused-ring (bicyclic) bond motifs is 4. The van der Waals surface area contributed by atoms with Gasteiger partial charge < -0.3 is 4.90 Å². The summed E-state index contributed by atoms with van der Waals surface area (Å²) in [5.41, 5.74) is 8.94. The Kier molecular flexibility index (Phi) is 4.67. The second kappa shape index (κ2) is 7.60. The lowest BCUT2D eigenvalue weighted by Crippen LogP contribution is -2.16. The van der Waals surface area contributed by atoms with E-state index in [0.29, 0.717) is 0 Å². The summed E-state index contributed by atoms with van der Waals surface area (Å²) in [6, 6.07) is 39.5. The fourth-order valence-corrected chi connectivity index (χ4v) is 5.58. The summed E-state index contributed by atoms with van der Waals surface area (Å²) in [6.07, 6.45) is 0. The highest BCUT2D eigenvalue weighted by Gasteiger charge is 2.35. The molecule has 5 aromatic carbocycles. The highest BCUT2D eigenvalue weighted by atomic mass is 79.9. The summed E-state index contributed by atoms with van der Waals surface area (Å²) < 4.78 is 1.10. The summed E-state index contributed by atoms with van der Waals surface area (Å²) in [6.45, 7) is 4.67. The second-order valence-electron chi connectivity index (χ2n) is 9.25. The topological polar surface area (TPSA) is 3.24 Å². The van der Waals surface area contributed by atoms with Crippen molar-refractivity contribution in [3.63, 3.8) is 0 Å². The Labute approximate surface area is 203 Å². The van der Waals surface area contributed by atoms with E-state index in [0.717, 1.165) is 15.8 Å². The molecule has 0 aromatic heterocycles. The van der Waals surface area contributed by atoms with Gasteiger partial charge in [-0.05, 0) is 81.6 Å². The molecular formula is C31H24BrN. The van der Waals surface area contributed by atoms with E-state index >= 15 is 0 Å². The third-order valence-corrected chi connectivity index (χ3v) is 7.38. The first-order chi connectivity index (χ1) is 16.0. The summed E-state index contributed by atoms with van der Waals surface area (Å²) in [5.74, 6) is 0. The van der Waals surface area contributed by atoms with Crippen molar-refractivity contribution >= 4 is 43.8 Å². The van der Waals surface area contributed by atoms with Crippen molar-refractivity contribution in [3.8, 4) is 11.1 Å². The lowest BCUT2D eigenvalue weighted by Gasteiger charge is -2.28. The minimum Gasteiger partial charge on any atom is -0.310 e. The Hall–Kier alpha value is -3.36. The van der Waals surface area contributed by atoms with E-state index in [-0.39, 0.29) is 5.41 Å². The van der Waals surface area contributed by atoms with E-state index in [1.165, 1.54) is 38.7 Å². The van der Waals surface area contributed by atoms with Crippen LogP contribution in [0.15, 0.2) is 114 Å². The van der Waals surface area contributed by atoms with Crippen LogP contribution in [0.5, 0.6) is 0 Å². The fraction of sp³-hybridized carbons (Fsp3) is 0.0968. The van der Waals surface area contributed by atoms with Gasteiger partial charge in [0.05, 0.1) is 0 Å². The highest BCUT2D eigenvalue weighted by molar-refractivity contribution is 9.10. The molecule has 0 atom stereocenters. The molecule has 6 rings (SSSR count). The zero-order chi connectivity index (χ0) is 22.6. The molecule has 160 valence electrons. The number of nitrogens with zero attached hydrogens (tertiary/aromatic N) is 1. The number of para-hydroxylation sites is 1. The summed E-state index contributed by atoms with van der Waals surface area (Å²) in [5, 5.41) is 2.46. The minimum atomic E-state index is -0.0278. The molecule has 0 N–H and O–H groups in total. The van der Waals surface area contributed by atoms with Gasteiger partial charge in [-0.25, -0.2) is 0 Å². The smallest absolute Gasteiger partial charge is 0.0468 e. The molecule has 0 amide bonds. The molecule has 5 aromatic rings. The average Bonchev–Trinajstić information content (AvgIpc) is 3.07. The number of hydrogen-bond donors (Lipinski definition) is 0. The minimum absolute atomic E-state index is 0.0278. The van der Waals surface area contributed by atoms with E-state index in [9.17, 15) is 0 Å². The predicted octanol–water partition coefficient (Wildman–Crippen LogP) is 9.38. The maximum absolute atomic E-state index is 3.59. The molecule has 0 saturated carbocycles. The number of hydrogen-bond acceptors (Lipinski definition) is 1. The first kappa shape index (κ1) is 20.3. The van der Waals surface area contributed by atoms with E-state index in [1.807, 2.05) is 0 Å². The molecule has 33 heavy (non-hydrogen) atoms. The van der Waals surface area contributed by atoms with Crippen LogP contribution in [0.4, 0.5) is 17.1 Å². The Balaban J connectivity index is 1.54. The number of anilines is 3. The molecule has 1 aliphatic carbocycles. The van der Waals surface area contributed by atoms with Gasteiger partial charge in [0.25, 0.3) is 0 Å². The summed E-state index contributed by atoms with van der Waals surface area (Å²) in [7, 11) is 0. The van der Waals surface area contributed by atoms with Crippen molar-refractivity contribution in [1.29, 1.82) is 0 Å². The monoisotopic (exact) mass is 489 g/mol.